The van der Waals surface area contributed by atoms with Crippen LogP contribution in [-0.4, -0.2) is 34.4 Å². The molecular weight excluding hydrogens is 214 g/mol. The number of hydrogen-bond donors (Lipinski definition) is 1. The summed E-state index contributed by atoms with van der Waals surface area (Å²) in [5.74, 6) is 0.0489. The van der Waals surface area contributed by atoms with Gasteiger partial charge in [0.15, 0.2) is 0 Å². The maximum atomic E-state index is 12.2. The normalized spacial score (nSPS) is 17.7. The third-order valence-electron chi connectivity index (χ3n) is 3.28. The predicted molar refractivity (Wildman–Crippen MR) is 66.7 cm³/mol. The molecule has 0 radical (unpaired) electrons. The standard InChI is InChI=1S/C13H19N3O/c1-3-6-13(14)8-16(9-13)12(17)11-5-4-7-15-10(11)2/h4-5,7H,3,6,8-9,14H2,1-2H3. The molecule has 2 rings (SSSR count). The van der Waals surface area contributed by atoms with Crippen molar-refractivity contribution >= 4 is 5.91 Å². The summed E-state index contributed by atoms with van der Waals surface area (Å²) in [5.41, 5.74) is 7.45. The van der Waals surface area contributed by atoms with Gasteiger partial charge in [-0.05, 0) is 25.5 Å². The number of amides is 1. The van der Waals surface area contributed by atoms with Gasteiger partial charge in [0.05, 0.1) is 11.1 Å². The molecule has 2 N–H and O–H groups in total. The Morgan fingerprint density at radius 2 is 2.29 bits per heavy atom. The number of carbonyl (C=O) groups excluding carboxylic acids is 1. The minimum Gasteiger partial charge on any atom is -0.335 e. The van der Waals surface area contributed by atoms with Crippen molar-refractivity contribution in [3.8, 4) is 0 Å². The topological polar surface area (TPSA) is 59.2 Å². The molecule has 0 saturated carbocycles. The summed E-state index contributed by atoms with van der Waals surface area (Å²) in [5, 5.41) is 0. The summed E-state index contributed by atoms with van der Waals surface area (Å²) in [4.78, 5) is 18.1. The third kappa shape index (κ3) is 2.31. The molecule has 1 aliphatic rings. The van der Waals surface area contributed by atoms with Gasteiger partial charge in [-0.25, -0.2) is 0 Å². The maximum absolute atomic E-state index is 12.2. The average Bonchev–Trinajstić information content (AvgIpc) is 2.26. The second-order valence-electron chi connectivity index (χ2n) is 4.91. The highest BCUT2D eigenvalue weighted by Crippen LogP contribution is 2.25. The van der Waals surface area contributed by atoms with Crippen LogP contribution in [0.15, 0.2) is 18.3 Å². The Morgan fingerprint density at radius 1 is 1.59 bits per heavy atom. The molecular formula is C13H19N3O. The highest BCUT2D eigenvalue weighted by molar-refractivity contribution is 5.95. The van der Waals surface area contributed by atoms with Gasteiger partial charge in [-0.1, -0.05) is 13.3 Å². The first-order chi connectivity index (χ1) is 8.06. The second-order valence-corrected chi connectivity index (χ2v) is 4.91. The average molecular weight is 233 g/mol. The fourth-order valence-electron chi connectivity index (χ4n) is 2.39. The number of pyridine rings is 1. The lowest BCUT2D eigenvalue weighted by atomic mass is 9.86. The lowest BCUT2D eigenvalue weighted by Gasteiger charge is -2.47. The van der Waals surface area contributed by atoms with Crippen molar-refractivity contribution in [1.82, 2.24) is 9.88 Å². The molecule has 0 spiro atoms. The molecule has 0 atom stereocenters. The van der Waals surface area contributed by atoms with Crippen LogP contribution < -0.4 is 5.73 Å². The Balaban J connectivity index is 2.03. The molecule has 1 amide bonds. The van der Waals surface area contributed by atoms with Gasteiger partial charge in [0, 0.05) is 25.0 Å². The third-order valence-corrected chi connectivity index (χ3v) is 3.28. The SMILES string of the molecule is CCCC1(N)CN(C(=O)c2cccnc2C)C1. The van der Waals surface area contributed by atoms with Gasteiger partial charge in [0.1, 0.15) is 0 Å². The zero-order chi connectivity index (χ0) is 12.5. The zero-order valence-corrected chi connectivity index (χ0v) is 10.4. The van der Waals surface area contributed by atoms with E-state index in [1.165, 1.54) is 0 Å². The molecule has 0 aliphatic carbocycles. The lowest BCUT2D eigenvalue weighted by Crippen LogP contribution is -2.68. The Morgan fingerprint density at radius 3 is 2.88 bits per heavy atom. The molecule has 0 bridgehead atoms. The summed E-state index contributed by atoms with van der Waals surface area (Å²) in [6.07, 6.45) is 3.74. The largest absolute Gasteiger partial charge is 0.335 e. The maximum Gasteiger partial charge on any atom is 0.255 e. The molecule has 1 fully saturated rings. The summed E-state index contributed by atoms with van der Waals surface area (Å²) in [6, 6.07) is 3.61. The molecule has 1 saturated heterocycles. The summed E-state index contributed by atoms with van der Waals surface area (Å²) < 4.78 is 0. The smallest absolute Gasteiger partial charge is 0.255 e. The van der Waals surface area contributed by atoms with Gasteiger partial charge in [-0.15, -0.1) is 0 Å². The van der Waals surface area contributed by atoms with E-state index in [-0.39, 0.29) is 11.4 Å². The first-order valence-corrected chi connectivity index (χ1v) is 6.05. The van der Waals surface area contributed by atoms with Crippen molar-refractivity contribution < 1.29 is 4.79 Å². The van der Waals surface area contributed by atoms with E-state index in [1.807, 2.05) is 13.0 Å². The monoisotopic (exact) mass is 233 g/mol. The van der Waals surface area contributed by atoms with E-state index in [2.05, 4.69) is 11.9 Å². The highest BCUT2D eigenvalue weighted by atomic mass is 16.2. The number of nitrogens with two attached hydrogens (primary N) is 1. The van der Waals surface area contributed by atoms with Crippen LogP contribution in [-0.2, 0) is 0 Å². The van der Waals surface area contributed by atoms with E-state index >= 15 is 0 Å². The van der Waals surface area contributed by atoms with E-state index in [0.29, 0.717) is 18.7 Å². The van der Waals surface area contributed by atoms with Crippen LogP contribution in [0.25, 0.3) is 0 Å². The van der Waals surface area contributed by atoms with Crippen molar-refractivity contribution in [1.29, 1.82) is 0 Å². The summed E-state index contributed by atoms with van der Waals surface area (Å²) in [7, 11) is 0. The number of hydrogen-bond acceptors (Lipinski definition) is 3. The first kappa shape index (κ1) is 12.0. The minimum atomic E-state index is -0.166. The lowest BCUT2D eigenvalue weighted by molar-refractivity contribution is 0.0385. The van der Waals surface area contributed by atoms with Gasteiger partial charge < -0.3 is 10.6 Å². The number of carbonyl (C=O) groups is 1. The van der Waals surface area contributed by atoms with Crippen molar-refractivity contribution in [3.05, 3.63) is 29.6 Å². The predicted octanol–water partition coefficient (Wildman–Crippen LogP) is 1.34. The molecule has 0 aromatic carbocycles. The van der Waals surface area contributed by atoms with E-state index in [0.717, 1.165) is 18.5 Å². The summed E-state index contributed by atoms with van der Waals surface area (Å²) >= 11 is 0. The van der Waals surface area contributed by atoms with Crippen molar-refractivity contribution in [2.45, 2.75) is 32.2 Å². The van der Waals surface area contributed by atoms with Crippen LogP contribution in [0.3, 0.4) is 0 Å². The molecule has 0 unspecified atom stereocenters. The molecule has 1 aliphatic heterocycles. The molecule has 1 aromatic heterocycles. The van der Waals surface area contributed by atoms with E-state index < -0.39 is 0 Å². The Kier molecular flexibility index (Phi) is 3.15. The summed E-state index contributed by atoms with van der Waals surface area (Å²) in [6.45, 7) is 5.29. The van der Waals surface area contributed by atoms with Crippen LogP contribution in [0.4, 0.5) is 0 Å². The number of aromatic nitrogens is 1. The van der Waals surface area contributed by atoms with Crippen LogP contribution in [0.2, 0.25) is 0 Å². The molecule has 1 aromatic rings. The van der Waals surface area contributed by atoms with Gasteiger partial charge in [-0.2, -0.15) is 0 Å². The van der Waals surface area contributed by atoms with Crippen LogP contribution >= 0.6 is 0 Å². The fraction of sp³-hybridized carbons (Fsp3) is 0.538. The van der Waals surface area contributed by atoms with Crippen LogP contribution in [0.5, 0.6) is 0 Å². The quantitative estimate of drug-likeness (QED) is 0.857. The van der Waals surface area contributed by atoms with E-state index in [9.17, 15) is 4.79 Å². The van der Waals surface area contributed by atoms with Crippen LogP contribution in [0, 0.1) is 6.92 Å². The van der Waals surface area contributed by atoms with E-state index in [4.69, 9.17) is 5.73 Å². The number of likely N-dealkylation sites (tertiary alicyclic amines) is 1. The molecule has 4 heteroatoms. The van der Waals surface area contributed by atoms with Crippen molar-refractivity contribution in [2.24, 2.45) is 5.73 Å². The van der Waals surface area contributed by atoms with Crippen molar-refractivity contribution in [2.75, 3.05) is 13.1 Å². The molecule has 4 nitrogen and oxygen atoms in total. The second kappa shape index (κ2) is 4.45. The number of rotatable bonds is 3. The highest BCUT2D eigenvalue weighted by Gasteiger charge is 2.41. The van der Waals surface area contributed by atoms with Crippen molar-refractivity contribution in [3.63, 3.8) is 0 Å². The van der Waals surface area contributed by atoms with Gasteiger partial charge in [0.25, 0.3) is 5.91 Å². The fourth-order valence-corrected chi connectivity index (χ4v) is 2.39. The first-order valence-electron chi connectivity index (χ1n) is 6.05. The number of aryl methyl sites for hydroxylation is 1. The Hall–Kier alpha value is -1.42. The molecule has 92 valence electrons. The van der Waals surface area contributed by atoms with Crippen LogP contribution in [0.1, 0.15) is 35.8 Å². The zero-order valence-electron chi connectivity index (χ0n) is 10.4. The van der Waals surface area contributed by atoms with Gasteiger partial charge >= 0.3 is 0 Å². The molecule has 17 heavy (non-hydrogen) atoms. The number of nitrogens with zero attached hydrogens (tertiary/aromatic N) is 2. The molecule has 2 heterocycles. The Bertz CT molecular complexity index is 424. The van der Waals surface area contributed by atoms with Gasteiger partial charge in [-0.3, -0.25) is 9.78 Å². The van der Waals surface area contributed by atoms with Gasteiger partial charge in [0.2, 0.25) is 0 Å². The Labute approximate surface area is 102 Å². The minimum absolute atomic E-state index is 0.0489. The van der Waals surface area contributed by atoms with E-state index in [1.54, 1.807) is 17.2 Å².